The molecule has 4 rings (SSSR count). The molecule has 9 heteroatoms. The summed E-state index contributed by atoms with van der Waals surface area (Å²) in [6.45, 7) is 8.76. The monoisotopic (exact) mass is 545 g/mol. The summed E-state index contributed by atoms with van der Waals surface area (Å²) in [5.74, 6) is -1.35. The Morgan fingerprint density at radius 3 is 2.59 bits per heavy atom. The molecule has 0 aliphatic carbocycles. The van der Waals surface area contributed by atoms with E-state index in [1.54, 1.807) is 57.8 Å². The number of hydrogen-bond donors (Lipinski definition) is 1. The highest BCUT2D eigenvalue weighted by Gasteiger charge is 2.73. The van der Waals surface area contributed by atoms with Crippen LogP contribution in [0.15, 0.2) is 49.6 Å². The van der Waals surface area contributed by atoms with Gasteiger partial charge in [0.25, 0.3) is 5.91 Å². The molecular weight excluding hydrogens is 510 g/mol. The van der Waals surface area contributed by atoms with Crippen LogP contribution in [-0.4, -0.2) is 82.0 Å². The van der Waals surface area contributed by atoms with Crippen LogP contribution in [0.25, 0.3) is 0 Å². The number of rotatable bonds is 12. The van der Waals surface area contributed by atoms with Gasteiger partial charge in [-0.05, 0) is 44.2 Å². The molecule has 2 bridgehead atoms. The fraction of sp³-hybridized carbons (Fsp3) is 0.536. The van der Waals surface area contributed by atoms with Gasteiger partial charge in [0.2, 0.25) is 11.8 Å². The van der Waals surface area contributed by atoms with E-state index < -0.39 is 22.6 Å². The number of carbonyl (C=O) groups excluding carboxylic acids is 3. The number of anilines is 1. The first-order chi connectivity index (χ1) is 17.8. The Morgan fingerprint density at radius 1 is 1.19 bits per heavy atom. The number of halogens is 1. The molecule has 1 aromatic rings. The van der Waals surface area contributed by atoms with Gasteiger partial charge in [-0.15, -0.1) is 24.9 Å². The minimum atomic E-state index is -0.701. The van der Waals surface area contributed by atoms with E-state index in [1.165, 1.54) is 0 Å². The lowest BCUT2D eigenvalue weighted by atomic mass is 9.70. The number of unbranched alkanes of at least 4 members (excludes halogenated alkanes) is 2. The Kier molecular flexibility index (Phi) is 8.71. The maximum absolute atomic E-state index is 14.4. The van der Waals surface area contributed by atoms with Gasteiger partial charge in [-0.3, -0.25) is 14.4 Å². The minimum Gasteiger partial charge on any atom is -0.396 e. The van der Waals surface area contributed by atoms with Crippen molar-refractivity contribution in [2.45, 2.75) is 48.1 Å². The zero-order chi connectivity index (χ0) is 26.7. The number of aliphatic hydroxyl groups excluding tert-OH is 1. The number of likely N-dealkylation sites (N-methyl/N-ethyl adjacent to an activating group) is 1. The van der Waals surface area contributed by atoms with E-state index in [2.05, 4.69) is 13.2 Å². The number of carbonyl (C=O) groups is 3. The third-order valence-corrected chi connectivity index (χ3v) is 10.1. The van der Waals surface area contributed by atoms with Crippen LogP contribution in [0.3, 0.4) is 0 Å². The summed E-state index contributed by atoms with van der Waals surface area (Å²) in [7, 11) is 1.74. The van der Waals surface area contributed by atoms with Crippen LogP contribution >= 0.6 is 23.4 Å². The zero-order valence-corrected chi connectivity index (χ0v) is 22.9. The predicted molar refractivity (Wildman–Crippen MR) is 149 cm³/mol. The molecule has 200 valence electrons. The van der Waals surface area contributed by atoms with Crippen LogP contribution in [0.4, 0.5) is 5.69 Å². The average Bonchev–Trinajstić information content (AvgIpc) is 3.52. The lowest BCUT2D eigenvalue weighted by molar-refractivity contribution is -0.143. The van der Waals surface area contributed by atoms with Crippen LogP contribution in [0.1, 0.15) is 32.1 Å². The molecule has 3 saturated heterocycles. The number of aliphatic hydroxyl groups is 1. The van der Waals surface area contributed by atoms with E-state index in [4.69, 9.17) is 11.6 Å². The molecule has 0 saturated carbocycles. The largest absolute Gasteiger partial charge is 0.396 e. The summed E-state index contributed by atoms with van der Waals surface area (Å²) >= 11 is 8.17. The molecule has 3 heterocycles. The smallest absolute Gasteiger partial charge is 0.251 e. The molecule has 1 spiro atoms. The number of para-hydroxylation sites is 1. The number of thioether (sulfide) groups is 1. The second kappa shape index (κ2) is 11.6. The SMILES string of the molecule is C=CCN(C)C(=O)[C@@H]1[C@@H]2CCC3(S2)C(C(=O)N(CC=C)c2ccccc2Cl)N(CCCCCO)C(=O)[C@H]13. The molecule has 3 aliphatic heterocycles. The number of benzene rings is 1. The summed E-state index contributed by atoms with van der Waals surface area (Å²) in [4.78, 5) is 47.0. The molecule has 3 fully saturated rings. The van der Waals surface area contributed by atoms with E-state index in [0.717, 1.165) is 12.8 Å². The molecule has 2 unspecified atom stereocenters. The highest BCUT2D eigenvalue weighted by molar-refractivity contribution is 8.02. The summed E-state index contributed by atoms with van der Waals surface area (Å²) in [6.07, 6.45) is 6.91. The molecule has 1 aromatic carbocycles. The lowest BCUT2D eigenvalue weighted by Crippen LogP contribution is -2.55. The first-order valence-corrected chi connectivity index (χ1v) is 14.2. The second-order valence-electron chi connectivity index (χ2n) is 10.1. The third-order valence-electron chi connectivity index (χ3n) is 7.88. The van der Waals surface area contributed by atoms with Crippen molar-refractivity contribution in [3.63, 3.8) is 0 Å². The van der Waals surface area contributed by atoms with E-state index in [-0.39, 0.29) is 36.1 Å². The Labute approximate surface area is 228 Å². The van der Waals surface area contributed by atoms with E-state index in [9.17, 15) is 19.5 Å². The van der Waals surface area contributed by atoms with Crippen molar-refractivity contribution in [3.8, 4) is 0 Å². The van der Waals surface area contributed by atoms with Crippen molar-refractivity contribution in [1.82, 2.24) is 9.80 Å². The van der Waals surface area contributed by atoms with Crippen molar-refractivity contribution in [3.05, 3.63) is 54.6 Å². The average molecular weight is 546 g/mol. The van der Waals surface area contributed by atoms with Crippen molar-refractivity contribution in [2.24, 2.45) is 11.8 Å². The number of hydrogen-bond acceptors (Lipinski definition) is 5. The normalized spacial score (nSPS) is 27.8. The van der Waals surface area contributed by atoms with Crippen LogP contribution in [0, 0.1) is 11.8 Å². The van der Waals surface area contributed by atoms with Crippen molar-refractivity contribution in [1.29, 1.82) is 0 Å². The standard InChI is InChI=1S/C28H36ClN3O4S/c1-4-15-30(3)25(34)22-21-13-14-28(37-21)23(22)26(35)32(17-9-6-10-18-33)24(28)27(36)31(16-5-2)20-12-8-7-11-19(20)29/h4-5,7-8,11-12,21-24,33H,1-2,6,9-10,13-18H2,3H3/t21-,22+,23-,24?,28?/m0/s1. The number of nitrogens with zero attached hydrogens (tertiary/aromatic N) is 3. The van der Waals surface area contributed by atoms with E-state index in [1.807, 2.05) is 12.1 Å². The van der Waals surface area contributed by atoms with Crippen molar-refractivity contribution in [2.75, 3.05) is 38.2 Å². The molecule has 3 amide bonds. The third kappa shape index (κ3) is 4.84. The van der Waals surface area contributed by atoms with E-state index >= 15 is 0 Å². The maximum Gasteiger partial charge on any atom is 0.251 e. The molecule has 5 atom stereocenters. The van der Waals surface area contributed by atoms with Gasteiger partial charge in [-0.1, -0.05) is 35.9 Å². The van der Waals surface area contributed by atoms with Crippen LogP contribution in [0.2, 0.25) is 5.02 Å². The van der Waals surface area contributed by atoms with Gasteiger partial charge < -0.3 is 19.8 Å². The van der Waals surface area contributed by atoms with Gasteiger partial charge in [0.15, 0.2) is 0 Å². The topological polar surface area (TPSA) is 81.2 Å². The molecule has 7 nitrogen and oxygen atoms in total. The van der Waals surface area contributed by atoms with Gasteiger partial charge in [-0.25, -0.2) is 0 Å². The molecule has 37 heavy (non-hydrogen) atoms. The second-order valence-corrected chi connectivity index (χ2v) is 12.1. The van der Waals surface area contributed by atoms with Gasteiger partial charge in [0.1, 0.15) is 6.04 Å². The first kappa shape index (κ1) is 27.7. The first-order valence-electron chi connectivity index (χ1n) is 12.9. The van der Waals surface area contributed by atoms with Crippen LogP contribution in [-0.2, 0) is 14.4 Å². The summed E-state index contributed by atoms with van der Waals surface area (Å²) in [6, 6.07) is 6.49. The van der Waals surface area contributed by atoms with Crippen molar-refractivity contribution >= 4 is 46.8 Å². The maximum atomic E-state index is 14.4. The van der Waals surface area contributed by atoms with Crippen molar-refractivity contribution < 1.29 is 19.5 Å². The van der Waals surface area contributed by atoms with Gasteiger partial charge >= 0.3 is 0 Å². The van der Waals surface area contributed by atoms with Gasteiger partial charge in [-0.2, -0.15) is 0 Å². The lowest BCUT2D eigenvalue weighted by Gasteiger charge is -2.37. The Morgan fingerprint density at radius 2 is 1.92 bits per heavy atom. The fourth-order valence-corrected chi connectivity index (χ4v) is 8.76. The van der Waals surface area contributed by atoms with E-state index in [0.29, 0.717) is 43.1 Å². The number of fused-ring (bicyclic) bond motifs is 1. The summed E-state index contributed by atoms with van der Waals surface area (Å²) in [5, 5.41) is 9.69. The molecule has 0 radical (unpaired) electrons. The number of amides is 3. The summed E-state index contributed by atoms with van der Waals surface area (Å²) in [5.41, 5.74) is 0.581. The highest BCUT2D eigenvalue weighted by Crippen LogP contribution is 2.66. The Hall–Kier alpha value is -2.29. The molecular formula is C28H36ClN3O4S. The molecule has 0 aromatic heterocycles. The quantitative estimate of drug-likeness (QED) is 0.319. The Balaban J connectivity index is 1.74. The molecule has 1 N–H and O–H groups in total. The van der Waals surface area contributed by atoms with Crippen LogP contribution in [0.5, 0.6) is 0 Å². The van der Waals surface area contributed by atoms with Crippen LogP contribution < -0.4 is 4.90 Å². The predicted octanol–water partition coefficient (Wildman–Crippen LogP) is 3.76. The highest BCUT2D eigenvalue weighted by atomic mass is 35.5. The minimum absolute atomic E-state index is 0.00808. The zero-order valence-electron chi connectivity index (χ0n) is 21.4. The van der Waals surface area contributed by atoms with Gasteiger partial charge in [0, 0.05) is 38.5 Å². The van der Waals surface area contributed by atoms with Gasteiger partial charge in [0.05, 0.1) is 27.3 Å². The molecule has 3 aliphatic rings. The summed E-state index contributed by atoms with van der Waals surface area (Å²) < 4.78 is -0.661. The fourth-order valence-electron chi connectivity index (χ4n) is 6.32. The Bertz CT molecular complexity index is 1070. The number of likely N-dealkylation sites (tertiary alicyclic amines) is 1.